The minimum absolute atomic E-state index is 0.0223. The lowest BCUT2D eigenvalue weighted by Gasteiger charge is -2.36. The molecule has 0 bridgehead atoms. The molecule has 1 saturated heterocycles. The van der Waals surface area contributed by atoms with Gasteiger partial charge in [-0.05, 0) is 13.0 Å². The first-order valence-corrected chi connectivity index (χ1v) is 9.83. The first-order valence-electron chi connectivity index (χ1n) is 9.83. The number of piperazine rings is 1. The van der Waals surface area contributed by atoms with Gasteiger partial charge in [0, 0.05) is 37.8 Å². The van der Waals surface area contributed by atoms with Crippen LogP contribution in [0.1, 0.15) is 18.9 Å². The first-order chi connectivity index (χ1) is 14.6. The van der Waals surface area contributed by atoms with Gasteiger partial charge < -0.3 is 19.5 Å². The van der Waals surface area contributed by atoms with Crippen LogP contribution in [0.25, 0.3) is 11.4 Å². The molecule has 1 unspecified atom stereocenters. The zero-order chi connectivity index (χ0) is 20.9. The molecule has 1 aliphatic rings. The van der Waals surface area contributed by atoms with Crippen LogP contribution in [0.2, 0.25) is 0 Å². The fourth-order valence-corrected chi connectivity index (χ4v) is 3.36. The highest BCUT2D eigenvalue weighted by molar-refractivity contribution is 5.89. The van der Waals surface area contributed by atoms with Crippen molar-refractivity contribution >= 4 is 11.7 Å². The SMILES string of the molecule is COc1ccc(NC(=O)N2CCN(C(C)c3nc(-c4ccccc4)no3)CC2)cn1. The predicted molar refractivity (Wildman–Crippen MR) is 111 cm³/mol. The van der Waals surface area contributed by atoms with Gasteiger partial charge in [-0.25, -0.2) is 9.78 Å². The molecule has 30 heavy (non-hydrogen) atoms. The summed E-state index contributed by atoms with van der Waals surface area (Å²) in [5, 5.41) is 6.97. The van der Waals surface area contributed by atoms with Crippen molar-refractivity contribution in [3.05, 3.63) is 54.6 Å². The fraction of sp³-hybridized carbons (Fsp3) is 0.333. The van der Waals surface area contributed by atoms with Gasteiger partial charge in [0.15, 0.2) is 0 Å². The normalized spacial score (nSPS) is 15.6. The summed E-state index contributed by atoms with van der Waals surface area (Å²) in [6.07, 6.45) is 1.58. The number of nitrogens with one attached hydrogen (secondary N) is 1. The highest BCUT2D eigenvalue weighted by Gasteiger charge is 2.27. The summed E-state index contributed by atoms with van der Waals surface area (Å²) in [7, 11) is 1.55. The summed E-state index contributed by atoms with van der Waals surface area (Å²) in [6.45, 7) is 4.71. The Labute approximate surface area is 174 Å². The minimum atomic E-state index is -0.140. The average Bonchev–Trinajstić information content (AvgIpc) is 3.30. The number of hydrogen-bond donors (Lipinski definition) is 1. The predicted octanol–water partition coefficient (Wildman–Crippen LogP) is 3.05. The van der Waals surface area contributed by atoms with E-state index in [0.717, 1.165) is 18.7 Å². The van der Waals surface area contributed by atoms with Gasteiger partial charge >= 0.3 is 6.03 Å². The molecule has 3 heterocycles. The zero-order valence-corrected chi connectivity index (χ0v) is 17.0. The van der Waals surface area contributed by atoms with Crippen LogP contribution in [-0.2, 0) is 0 Å². The van der Waals surface area contributed by atoms with Crippen molar-refractivity contribution in [1.29, 1.82) is 0 Å². The lowest BCUT2D eigenvalue weighted by Crippen LogP contribution is -2.50. The molecule has 2 aromatic heterocycles. The maximum Gasteiger partial charge on any atom is 0.321 e. The number of aromatic nitrogens is 3. The summed E-state index contributed by atoms with van der Waals surface area (Å²) >= 11 is 0. The average molecular weight is 408 g/mol. The number of ether oxygens (including phenoxy) is 1. The number of anilines is 1. The molecule has 1 atom stereocenters. The highest BCUT2D eigenvalue weighted by atomic mass is 16.5. The molecule has 9 heteroatoms. The number of urea groups is 1. The van der Waals surface area contributed by atoms with Gasteiger partial charge in [0.25, 0.3) is 0 Å². The van der Waals surface area contributed by atoms with Gasteiger partial charge in [-0.2, -0.15) is 4.98 Å². The number of rotatable bonds is 5. The molecule has 1 aromatic carbocycles. The van der Waals surface area contributed by atoms with E-state index in [1.54, 1.807) is 30.3 Å². The smallest absolute Gasteiger partial charge is 0.321 e. The van der Waals surface area contributed by atoms with Crippen LogP contribution in [-0.4, -0.2) is 64.2 Å². The van der Waals surface area contributed by atoms with E-state index in [1.165, 1.54) is 0 Å². The molecule has 0 spiro atoms. The van der Waals surface area contributed by atoms with Gasteiger partial charge in [-0.1, -0.05) is 35.5 Å². The summed E-state index contributed by atoms with van der Waals surface area (Å²) in [6, 6.07) is 13.1. The Bertz CT molecular complexity index is 968. The number of amides is 2. The maximum absolute atomic E-state index is 12.5. The van der Waals surface area contributed by atoms with Crippen molar-refractivity contribution in [3.63, 3.8) is 0 Å². The molecule has 0 saturated carbocycles. The Morgan fingerprint density at radius 2 is 1.90 bits per heavy atom. The fourth-order valence-electron chi connectivity index (χ4n) is 3.36. The zero-order valence-electron chi connectivity index (χ0n) is 17.0. The van der Waals surface area contributed by atoms with E-state index in [1.807, 2.05) is 37.3 Å². The largest absolute Gasteiger partial charge is 0.481 e. The Morgan fingerprint density at radius 1 is 1.13 bits per heavy atom. The van der Waals surface area contributed by atoms with Crippen LogP contribution in [0.15, 0.2) is 53.2 Å². The van der Waals surface area contributed by atoms with Gasteiger partial charge in [-0.3, -0.25) is 4.90 Å². The maximum atomic E-state index is 12.5. The Kier molecular flexibility index (Phi) is 5.89. The summed E-state index contributed by atoms with van der Waals surface area (Å²) in [5.41, 5.74) is 1.56. The van der Waals surface area contributed by atoms with E-state index in [0.29, 0.717) is 36.4 Å². The number of methoxy groups -OCH3 is 1. The quantitative estimate of drug-likeness (QED) is 0.693. The topological polar surface area (TPSA) is 96.6 Å². The van der Waals surface area contributed by atoms with Crippen LogP contribution >= 0.6 is 0 Å². The van der Waals surface area contributed by atoms with E-state index in [-0.39, 0.29) is 12.1 Å². The second-order valence-electron chi connectivity index (χ2n) is 7.04. The molecule has 1 fully saturated rings. The molecule has 0 aliphatic carbocycles. The number of hydrogen-bond acceptors (Lipinski definition) is 7. The monoisotopic (exact) mass is 408 g/mol. The third-order valence-corrected chi connectivity index (χ3v) is 5.18. The molecule has 0 radical (unpaired) electrons. The van der Waals surface area contributed by atoms with Crippen molar-refractivity contribution in [2.24, 2.45) is 0 Å². The van der Waals surface area contributed by atoms with Crippen LogP contribution in [0.3, 0.4) is 0 Å². The molecule has 1 aliphatic heterocycles. The van der Waals surface area contributed by atoms with Crippen molar-refractivity contribution in [2.45, 2.75) is 13.0 Å². The van der Waals surface area contributed by atoms with E-state index in [4.69, 9.17) is 9.26 Å². The van der Waals surface area contributed by atoms with Gasteiger partial charge in [0.2, 0.25) is 17.6 Å². The van der Waals surface area contributed by atoms with E-state index in [2.05, 4.69) is 25.3 Å². The Hall–Kier alpha value is -3.46. The van der Waals surface area contributed by atoms with Gasteiger partial charge in [-0.15, -0.1) is 0 Å². The van der Waals surface area contributed by atoms with Crippen molar-refractivity contribution < 1.29 is 14.1 Å². The molecule has 1 N–H and O–H groups in total. The molecule has 3 aromatic rings. The molecule has 4 rings (SSSR count). The first kappa shape index (κ1) is 19.8. The number of carbonyl (C=O) groups excluding carboxylic acids is 1. The minimum Gasteiger partial charge on any atom is -0.481 e. The van der Waals surface area contributed by atoms with Crippen LogP contribution in [0.5, 0.6) is 5.88 Å². The van der Waals surface area contributed by atoms with E-state index >= 15 is 0 Å². The van der Waals surface area contributed by atoms with E-state index < -0.39 is 0 Å². The highest BCUT2D eigenvalue weighted by Crippen LogP contribution is 2.23. The Balaban J connectivity index is 1.31. The molecule has 156 valence electrons. The third kappa shape index (κ3) is 4.41. The standard InChI is InChI=1S/C21H24N6O3/c1-15(20-24-19(25-30-20)16-6-4-3-5-7-16)26-10-12-27(13-11-26)21(28)23-17-8-9-18(29-2)22-14-17/h3-9,14-15H,10-13H2,1-2H3,(H,23,28). The number of carbonyl (C=O) groups is 1. The van der Waals surface area contributed by atoms with Gasteiger partial charge in [0.05, 0.1) is 25.0 Å². The van der Waals surface area contributed by atoms with E-state index in [9.17, 15) is 4.79 Å². The third-order valence-electron chi connectivity index (χ3n) is 5.18. The molecule has 9 nitrogen and oxygen atoms in total. The van der Waals surface area contributed by atoms with Crippen LogP contribution < -0.4 is 10.1 Å². The molecule has 2 amide bonds. The lowest BCUT2D eigenvalue weighted by atomic mass is 10.2. The summed E-state index contributed by atoms with van der Waals surface area (Å²) in [4.78, 5) is 25.2. The number of benzene rings is 1. The summed E-state index contributed by atoms with van der Waals surface area (Å²) in [5.74, 6) is 1.67. The van der Waals surface area contributed by atoms with Gasteiger partial charge in [0.1, 0.15) is 0 Å². The summed E-state index contributed by atoms with van der Waals surface area (Å²) < 4.78 is 10.5. The lowest BCUT2D eigenvalue weighted by molar-refractivity contribution is 0.104. The molecular formula is C21H24N6O3. The van der Waals surface area contributed by atoms with Crippen molar-refractivity contribution in [3.8, 4) is 17.3 Å². The Morgan fingerprint density at radius 3 is 2.57 bits per heavy atom. The van der Waals surface area contributed by atoms with Crippen LogP contribution in [0, 0.1) is 0 Å². The second kappa shape index (κ2) is 8.91. The number of pyridine rings is 1. The second-order valence-corrected chi connectivity index (χ2v) is 7.04. The van der Waals surface area contributed by atoms with Crippen molar-refractivity contribution in [2.75, 3.05) is 38.6 Å². The van der Waals surface area contributed by atoms with Crippen LogP contribution in [0.4, 0.5) is 10.5 Å². The van der Waals surface area contributed by atoms with Crippen molar-refractivity contribution in [1.82, 2.24) is 24.9 Å². The molecular weight excluding hydrogens is 384 g/mol. The number of nitrogens with zero attached hydrogens (tertiary/aromatic N) is 5.